The van der Waals surface area contributed by atoms with E-state index in [2.05, 4.69) is 71.0 Å². The molecule has 130 valence electrons. The fourth-order valence-electron chi connectivity index (χ4n) is 2.88. The highest BCUT2D eigenvalue weighted by atomic mass is 16.2. The Balaban J connectivity index is 0.000000134. The van der Waals surface area contributed by atoms with Crippen LogP contribution in [-0.2, 0) is 9.59 Å². The second-order valence-corrected chi connectivity index (χ2v) is 5.99. The van der Waals surface area contributed by atoms with Gasteiger partial charge >= 0.3 is 11.8 Å². The van der Waals surface area contributed by atoms with E-state index in [9.17, 15) is 9.59 Å². The quantitative estimate of drug-likeness (QED) is 0.360. The summed E-state index contributed by atoms with van der Waals surface area (Å²) in [4.78, 5) is 21.8. The largest absolute Gasteiger partial charge is 0.357 e. The monoisotopic (exact) mass is 353 g/mol. The Kier molecular flexibility index (Phi) is 4.41. The molecule has 0 radical (unpaired) electrons. The van der Waals surface area contributed by atoms with E-state index < -0.39 is 11.8 Å². The van der Waals surface area contributed by atoms with Crippen molar-refractivity contribution >= 4 is 39.0 Å². The third-order valence-corrected chi connectivity index (χ3v) is 4.22. The van der Waals surface area contributed by atoms with Gasteiger partial charge < -0.3 is 0 Å². The second-order valence-electron chi connectivity index (χ2n) is 5.99. The van der Waals surface area contributed by atoms with Crippen molar-refractivity contribution in [2.45, 2.75) is 0 Å². The summed E-state index contributed by atoms with van der Waals surface area (Å²) in [5.41, 5.74) is 0.544. The molecule has 0 aromatic heterocycles. The van der Waals surface area contributed by atoms with Crippen LogP contribution in [0.1, 0.15) is 0 Å². The molecule has 1 heterocycles. The van der Waals surface area contributed by atoms with E-state index in [-0.39, 0.29) is 0 Å². The minimum Gasteiger partial charge on any atom is -0.261 e. The Labute approximate surface area is 155 Å². The van der Waals surface area contributed by atoms with E-state index in [1.807, 2.05) is 6.07 Å². The maximum Gasteiger partial charge on any atom is 0.357 e. The summed E-state index contributed by atoms with van der Waals surface area (Å²) in [5, 5.41) is 12.8. The standard InChI is InChI=1S/C14H10.C8H5N3O2/c1-2-6-12-10-14-8-4-3-7-13(14)9-11(12)5-1;12-7-8(13)11(10-9-7)6-4-2-1-3-5-6/h1-10H;1-5H. The number of fused-ring (bicyclic) bond motifs is 2. The SMILES string of the molecule is O=C1N=NN(c2ccccc2)C1=O.c1ccc2cc3ccccc3cc2c1. The van der Waals surface area contributed by atoms with Crippen molar-refractivity contribution in [2.75, 3.05) is 5.01 Å². The number of hydrogen-bond donors (Lipinski definition) is 0. The van der Waals surface area contributed by atoms with E-state index in [1.54, 1.807) is 24.3 Å². The number of amides is 2. The number of anilines is 1. The van der Waals surface area contributed by atoms with E-state index >= 15 is 0 Å². The maximum absolute atomic E-state index is 11.1. The molecule has 27 heavy (non-hydrogen) atoms. The number of nitrogens with zero attached hydrogens (tertiary/aromatic N) is 3. The Morgan fingerprint density at radius 3 is 1.44 bits per heavy atom. The molecule has 0 spiro atoms. The van der Waals surface area contributed by atoms with Crippen LogP contribution < -0.4 is 5.01 Å². The van der Waals surface area contributed by atoms with Gasteiger partial charge in [0.15, 0.2) is 0 Å². The van der Waals surface area contributed by atoms with E-state index in [0.717, 1.165) is 5.01 Å². The molecule has 5 heteroatoms. The summed E-state index contributed by atoms with van der Waals surface area (Å²) in [6, 6.07) is 30.1. The van der Waals surface area contributed by atoms with Crippen molar-refractivity contribution in [3.05, 3.63) is 91.0 Å². The van der Waals surface area contributed by atoms with E-state index in [1.165, 1.54) is 21.5 Å². The first-order chi connectivity index (χ1) is 13.2. The molecule has 5 nitrogen and oxygen atoms in total. The maximum atomic E-state index is 11.1. The van der Waals surface area contributed by atoms with Gasteiger partial charge in [0.2, 0.25) is 0 Å². The van der Waals surface area contributed by atoms with E-state index in [0.29, 0.717) is 5.69 Å². The smallest absolute Gasteiger partial charge is 0.261 e. The van der Waals surface area contributed by atoms with Crippen molar-refractivity contribution < 1.29 is 9.59 Å². The highest BCUT2D eigenvalue weighted by Crippen LogP contribution is 2.22. The van der Waals surface area contributed by atoms with Crippen molar-refractivity contribution in [3.8, 4) is 0 Å². The van der Waals surface area contributed by atoms with Crippen LogP contribution in [0.3, 0.4) is 0 Å². The van der Waals surface area contributed by atoms with Gasteiger partial charge in [-0.1, -0.05) is 77.1 Å². The molecular formula is C22H15N3O2. The van der Waals surface area contributed by atoms with E-state index in [4.69, 9.17) is 0 Å². The predicted molar refractivity (Wildman–Crippen MR) is 105 cm³/mol. The predicted octanol–water partition coefficient (Wildman–Crippen LogP) is 4.92. The van der Waals surface area contributed by atoms with Crippen LogP contribution in [0.25, 0.3) is 21.5 Å². The van der Waals surface area contributed by atoms with Crippen LogP contribution in [0.15, 0.2) is 101 Å². The molecule has 0 aliphatic carbocycles. The zero-order valence-corrected chi connectivity index (χ0v) is 14.3. The van der Waals surface area contributed by atoms with Gasteiger partial charge in [-0.3, -0.25) is 9.59 Å². The first-order valence-electron chi connectivity index (χ1n) is 8.45. The molecule has 0 fully saturated rings. The molecule has 0 unspecified atom stereocenters. The summed E-state index contributed by atoms with van der Waals surface area (Å²) in [7, 11) is 0. The molecule has 4 aromatic carbocycles. The lowest BCUT2D eigenvalue weighted by molar-refractivity contribution is -0.134. The minimum atomic E-state index is -0.830. The Bertz CT molecular complexity index is 1060. The van der Waals surface area contributed by atoms with Crippen LogP contribution in [0.4, 0.5) is 5.69 Å². The average Bonchev–Trinajstić information content (AvgIpc) is 3.06. The van der Waals surface area contributed by atoms with Gasteiger partial charge in [0, 0.05) is 0 Å². The Morgan fingerprint density at radius 2 is 1.04 bits per heavy atom. The molecule has 0 bridgehead atoms. The molecule has 0 saturated carbocycles. The van der Waals surface area contributed by atoms with Crippen LogP contribution >= 0.6 is 0 Å². The van der Waals surface area contributed by atoms with Crippen LogP contribution in [0.2, 0.25) is 0 Å². The average molecular weight is 353 g/mol. The van der Waals surface area contributed by atoms with Gasteiger partial charge in [-0.15, -0.1) is 0 Å². The lowest BCUT2D eigenvalue weighted by Crippen LogP contribution is -2.24. The van der Waals surface area contributed by atoms with Gasteiger partial charge in [-0.2, -0.15) is 5.01 Å². The third-order valence-electron chi connectivity index (χ3n) is 4.22. The summed E-state index contributed by atoms with van der Waals surface area (Å²) in [6.07, 6.45) is 0. The van der Waals surface area contributed by atoms with Crippen molar-refractivity contribution in [1.82, 2.24) is 0 Å². The second kappa shape index (κ2) is 7.17. The number of benzene rings is 4. The highest BCUT2D eigenvalue weighted by Gasteiger charge is 2.28. The zero-order valence-electron chi connectivity index (χ0n) is 14.3. The van der Waals surface area contributed by atoms with Crippen molar-refractivity contribution in [1.29, 1.82) is 0 Å². The molecule has 1 aliphatic heterocycles. The number of hydrogen-bond acceptors (Lipinski definition) is 3. The number of rotatable bonds is 1. The molecule has 0 atom stereocenters. The topological polar surface area (TPSA) is 62.1 Å². The number of carbonyl (C=O) groups excluding carboxylic acids is 2. The van der Waals surface area contributed by atoms with Crippen molar-refractivity contribution in [3.63, 3.8) is 0 Å². The fourth-order valence-corrected chi connectivity index (χ4v) is 2.88. The first-order valence-corrected chi connectivity index (χ1v) is 8.45. The van der Waals surface area contributed by atoms with Crippen LogP contribution in [0, 0.1) is 0 Å². The number of para-hydroxylation sites is 1. The Morgan fingerprint density at radius 1 is 0.593 bits per heavy atom. The van der Waals surface area contributed by atoms with Gasteiger partial charge in [0.05, 0.1) is 5.69 Å². The highest BCUT2D eigenvalue weighted by molar-refractivity contribution is 6.41. The lowest BCUT2D eigenvalue weighted by Gasteiger charge is -2.06. The number of carbonyl (C=O) groups is 2. The summed E-state index contributed by atoms with van der Waals surface area (Å²) >= 11 is 0. The van der Waals surface area contributed by atoms with Crippen molar-refractivity contribution in [2.24, 2.45) is 10.3 Å². The molecule has 4 aromatic rings. The molecular weight excluding hydrogens is 338 g/mol. The summed E-state index contributed by atoms with van der Waals surface area (Å²) in [6.45, 7) is 0. The van der Waals surface area contributed by atoms with Crippen LogP contribution in [0.5, 0.6) is 0 Å². The third kappa shape index (κ3) is 3.43. The zero-order chi connectivity index (χ0) is 18.6. The molecule has 0 N–H and O–H groups in total. The minimum absolute atomic E-state index is 0.544. The molecule has 1 aliphatic rings. The van der Waals surface area contributed by atoms with Gasteiger partial charge in [-0.25, -0.2) is 0 Å². The summed E-state index contributed by atoms with van der Waals surface area (Å²) < 4.78 is 0. The van der Waals surface area contributed by atoms with Gasteiger partial charge in [0.1, 0.15) is 0 Å². The molecule has 2 amide bonds. The summed E-state index contributed by atoms with van der Waals surface area (Å²) in [5.74, 6) is -1.55. The fraction of sp³-hybridized carbons (Fsp3) is 0. The lowest BCUT2D eigenvalue weighted by atomic mass is 10.0. The first kappa shape index (κ1) is 16.6. The molecule has 5 rings (SSSR count). The Hall–Kier alpha value is -3.86. The molecule has 0 saturated heterocycles. The van der Waals surface area contributed by atoms with Gasteiger partial charge in [-0.05, 0) is 45.8 Å². The van der Waals surface area contributed by atoms with Gasteiger partial charge in [0.25, 0.3) is 0 Å². The normalized spacial score (nSPS) is 13.1. The van der Waals surface area contributed by atoms with Crippen LogP contribution in [-0.4, -0.2) is 11.8 Å².